The van der Waals surface area contributed by atoms with Crippen molar-refractivity contribution in [1.29, 1.82) is 0 Å². The van der Waals surface area contributed by atoms with Crippen molar-refractivity contribution in [3.05, 3.63) is 48.3 Å². The smallest absolute Gasteiger partial charge is 0.237 e. The summed E-state index contributed by atoms with van der Waals surface area (Å²) < 4.78 is 12.1. The molecule has 1 saturated carbocycles. The molecule has 1 aromatic carbocycles. The second kappa shape index (κ2) is 7.04. The molecule has 6 rings (SSSR count). The number of hydrogen-bond acceptors (Lipinski definition) is 5. The molecule has 2 fully saturated rings. The van der Waals surface area contributed by atoms with Crippen molar-refractivity contribution in [2.24, 2.45) is 5.41 Å². The van der Waals surface area contributed by atoms with E-state index in [1.807, 2.05) is 17.0 Å². The Morgan fingerprint density at radius 3 is 2.78 bits per heavy atom. The van der Waals surface area contributed by atoms with E-state index in [4.69, 9.17) is 9.47 Å². The van der Waals surface area contributed by atoms with E-state index < -0.39 is 5.41 Å². The van der Waals surface area contributed by atoms with Gasteiger partial charge < -0.3 is 14.4 Å². The number of rotatable bonds is 4. The zero-order valence-electron chi connectivity index (χ0n) is 18.5. The maximum atomic E-state index is 13.8. The van der Waals surface area contributed by atoms with E-state index in [0.29, 0.717) is 6.54 Å². The van der Waals surface area contributed by atoms with E-state index in [1.54, 1.807) is 12.4 Å². The largest absolute Gasteiger partial charge is 0.489 e. The van der Waals surface area contributed by atoms with Crippen LogP contribution in [0.2, 0.25) is 0 Å². The zero-order chi connectivity index (χ0) is 21.9. The van der Waals surface area contributed by atoms with Crippen LogP contribution in [-0.2, 0) is 14.9 Å². The number of nitrogens with one attached hydrogen (secondary N) is 1. The van der Waals surface area contributed by atoms with Crippen LogP contribution in [-0.4, -0.2) is 46.4 Å². The molecular formula is C25H28N4O3. The molecule has 1 aliphatic carbocycles. The van der Waals surface area contributed by atoms with Gasteiger partial charge in [-0.2, -0.15) is 5.10 Å². The summed E-state index contributed by atoms with van der Waals surface area (Å²) in [6.07, 6.45) is 6.91. The molecule has 1 amide bonds. The highest BCUT2D eigenvalue weighted by Gasteiger charge is 2.54. The highest BCUT2D eigenvalue weighted by atomic mass is 16.5. The molecule has 32 heavy (non-hydrogen) atoms. The number of hydrogen-bond donors (Lipinski definition) is 1. The summed E-state index contributed by atoms with van der Waals surface area (Å²) in [5, 5.41) is 7.82. The van der Waals surface area contributed by atoms with E-state index in [-0.39, 0.29) is 23.5 Å². The van der Waals surface area contributed by atoms with Crippen LogP contribution in [0.5, 0.6) is 5.75 Å². The Hall–Kier alpha value is -2.93. The Morgan fingerprint density at radius 1 is 1.22 bits per heavy atom. The fraction of sp³-hybridized carbons (Fsp3) is 0.480. The topological polar surface area (TPSA) is 80.3 Å². The Morgan fingerprint density at radius 2 is 2.03 bits per heavy atom. The van der Waals surface area contributed by atoms with Gasteiger partial charge in [-0.15, -0.1) is 0 Å². The quantitative estimate of drug-likeness (QED) is 0.674. The molecule has 0 radical (unpaired) electrons. The van der Waals surface area contributed by atoms with Crippen LogP contribution in [0.25, 0.3) is 11.0 Å². The third-order valence-electron chi connectivity index (χ3n) is 7.60. The molecule has 1 atom stereocenters. The van der Waals surface area contributed by atoms with Crippen LogP contribution in [0.15, 0.2) is 42.7 Å². The number of aromatic nitrogens is 3. The average molecular weight is 433 g/mol. The summed E-state index contributed by atoms with van der Waals surface area (Å²) in [5.41, 5.74) is 2.64. The van der Waals surface area contributed by atoms with Crippen molar-refractivity contribution in [1.82, 2.24) is 15.2 Å². The summed E-state index contributed by atoms with van der Waals surface area (Å²) in [5.74, 6) is 0.980. The van der Waals surface area contributed by atoms with Crippen LogP contribution < -0.4 is 9.64 Å². The fourth-order valence-corrected chi connectivity index (χ4v) is 5.54. The number of fused-ring (bicyclic) bond motifs is 3. The monoisotopic (exact) mass is 432 g/mol. The molecule has 3 aromatic rings. The Bertz CT molecular complexity index is 1180. The molecule has 3 aliphatic rings. The van der Waals surface area contributed by atoms with Crippen LogP contribution in [0.4, 0.5) is 5.69 Å². The number of carbonyl (C=O) groups excluding carboxylic acids is 1. The lowest BCUT2D eigenvalue weighted by molar-refractivity contribution is -0.163. The van der Waals surface area contributed by atoms with Gasteiger partial charge in [0.25, 0.3) is 0 Å². The van der Waals surface area contributed by atoms with E-state index in [9.17, 15) is 4.79 Å². The van der Waals surface area contributed by atoms with Gasteiger partial charge in [-0.3, -0.25) is 9.89 Å². The van der Waals surface area contributed by atoms with E-state index in [1.165, 1.54) is 5.56 Å². The first kappa shape index (κ1) is 19.7. The molecule has 1 unspecified atom stereocenters. The third kappa shape index (κ3) is 2.94. The number of aromatic amines is 1. The summed E-state index contributed by atoms with van der Waals surface area (Å²) in [6.45, 7) is 5.80. The Balaban J connectivity index is 1.21. The van der Waals surface area contributed by atoms with E-state index >= 15 is 0 Å². The maximum Gasteiger partial charge on any atom is 0.237 e. The van der Waals surface area contributed by atoms with Gasteiger partial charge in [0.15, 0.2) is 5.65 Å². The molecule has 1 N–H and O–H groups in total. The van der Waals surface area contributed by atoms with Gasteiger partial charge in [0.1, 0.15) is 5.75 Å². The molecule has 7 heteroatoms. The van der Waals surface area contributed by atoms with Crippen LogP contribution in [0.1, 0.15) is 45.1 Å². The molecular weight excluding hydrogens is 404 g/mol. The van der Waals surface area contributed by atoms with Crippen LogP contribution in [0, 0.1) is 5.41 Å². The lowest BCUT2D eigenvalue weighted by Gasteiger charge is -2.46. The predicted octanol–water partition coefficient (Wildman–Crippen LogP) is 3.99. The summed E-state index contributed by atoms with van der Waals surface area (Å²) in [4.78, 5) is 20.2. The van der Waals surface area contributed by atoms with Gasteiger partial charge in [-0.25, -0.2) is 4.98 Å². The minimum atomic E-state index is -0.447. The lowest BCUT2D eigenvalue weighted by Crippen LogP contribution is -2.55. The number of pyridine rings is 1. The molecule has 166 valence electrons. The zero-order valence-corrected chi connectivity index (χ0v) is 18.5. The van der Waals surface area contributed by atoms with Crippen molar-refractivity contribution in [3.8, 4) is 5.75 Å². The fourth-order valence-electron chi connectivity index (χ4n) is 5.54. The highest BCUT2D eigenvalue weighted by Crippen LogP contribution is 2.51. The number of nitrogens with zero attached hydrogens (tertiary/aromatic N) is 3. The number of benzene rings is 1. The number of H-pyrrole nitrogens is 1. The van der Waals surface area contributed by atoms with Gasteiger partial charge in [0.2, 0.25) is 5.91 Å². The molecule has 4 heterocycles. The van der Waals surface area contributed by atoms with Crippen molar-refractivity contribution >= 4 is 22.6 Å². The minimum absolute atomic E-state index is 0.0784. The van der Waals surface area contributed by atoms with Crippen molar-refractivity contribution in [3.63, 3.8) is 0 Å². The number of anilines is 1. The summed E-state index contributed by atoms with van der Waals surface area (Å²) in [6, 6.07) is 10.3. The Kier molecular flexibility index (Phi) is 4.34. The summed E-state index contributed by atoms with van der Waals surface area (Å²) >= 11 is 0. The molecule has 1 saturated heterocycles. The molecule has 2 aromatic heterocycles. The minimum Gasteiger partial charge on any atom is -0.489 e. The third-order valence-corrected chi connectivity index (χ3v) is 7.60. The lowest BCUT2D eigenvalue weighted by atomic mass is 9.69. The second-order valence-corrected chi connectivity index (χ2v) is 10.1. The molecule has 1 spiro atoms. The van der Waals surface area contributed by atoms with Gasteiger partial charge in [-0.1, -0.05) is 32.0 Å². The van der Waals surface area contributed by atoms with E-state index in [0.717, 1.165) is 54.8 Å². The number of para-hydroxylation sites is 1. The number of ether oxygens (including phenoxy) is 2. The van der Waals surface area contributed by atoms with E-state index in [2.05, 4.69) is 47.2 Å². The van der Waals surface area contributed by atoms with Crippen molar-refractivity contribution < 1.29 is 14.3 Å². The predicted molar refractivity (Wildman–Crippen MR) is 121 cm³/mol. The summed E-state index contributed by atoms with van der Waals surface area (Å²) in [7, 11) is 0. The standard InChI is InChI=1S/C25H28N4O3/c1-24(2)15-31-21(24)14-29-20-6-4-3-5-19(20)25(23(29)30)9-7-17(8-10-25)32-18-11-16-12-27-28-22(16)26-13-18/h3-6,11-13,17,21H,7-10,14-15H2,1-2H3,(H,26,27,28). The molecule has 7 nitrogen and oxygen atoms in total. The second-order valence-electron chi connectivity index (χ2n) is 10.1. The average Bonchev–Trinajstić information content (AvgIpc) is 3.35. The normalized spacial score (nSPS) is 28.7. The SMILES string of the molecule is CC1(C)COC1CN1C(=O)C2(CCC(Oc3cnc4[nH]ncc4c3)CC2)c2ccccc21. The molecule has 0 bridgehead atoms. The first-order valence-corrected chi connectivity index (χ1v) is 11.5. The first-order chi connectivity index (χ1) is 15.5. The van der Waals surface area contributed by atoms with Gasteiger partial charge >= 0.3 is 0 Å². The number of carbonyl (C=O) groups is 1. The highest BCUT2D eigenvalue weighted by molar-refractivity contribution is 6.08. The van der Waals surface area contributed by atoms with Crippen LogP contribution in [0.3, 0.4) is 0 Å². The Labute approximate surface area is 187 Å². The van der Waals surface area contributed by atoms with Crippen molar-refractivity contribution in [2.75, 3.05) is 18.1 Å². The maximum absolute atomic E-state index is 13.8. The number of amides is 1. The van der Waals surface area contributed by atoms with Gasteiger partial charge in [0, 0.05) is 16.5 Å². The first-order valence-electron chi connectivity index (χ1n) is 11.5. The van der Waals surface area contributed by atoms with Gasteiger partial charge in [0.05, 0.1) is 43.2 Å². The van der Waals surface area contributed by atoms with Gasteiger partial charge in [-0.05, 0) is 43.4 Å². The molecule has 2 aliphatic heterocycles. The van der Waals surface area contributed by atoms with Crippen LogP contribution >= 0.6 is 0 Å². The van der Waals surface area contributed by atoms with Crippen molar-refractivity contribution in [2.45, 2.75) is 57.2 Å².